The molecule has 1 amide bonds. The predicted octanol–water partition coefficient (Wildman–Crippen LogP) is 9.27. The molecule has 38 heavy (non-hydrogen) atoms. The van der Waals surface area contributed by atoms with E-state index in [0.29, 0.717) is 22.8 Å². The molecule has 2 rings (SSSR count). The number of ether oxygens (including phenoxy) is 1. The monoisotopic (exact) mass is 540 g/mol. The molecule has 5 nitrogen and oxygen atoms in total. The summed E-state index contributed by atoms with van der Waals surface area (Å²) < 4.78 is 5.36. The molecule has 0 atom stereocenters. The van der Waals surface area contributed by atoms with Crippen molar-refractivity contribution < 1.29 is 14.3 Å². The number of nitrogens with zero attached hydrogens (tertiary/aromatic N) is 1. The molecule has 2 aromatic rings. The van der Waals surface area contributed by atoms with Crippen LogP contribution in [0.15, 0.2) is 53.6 Å². The van der Waals surface area contributed by atoms with Gasteiger partial charge in [0.15, 0.2) is 0 Å². The van der Waals surface area contributed by atoms with Gasteiger partial charge >= 0.3 is 5.97 Å². The fourth-order valence-corrected chi connectivity index (χ4v) is 4.39. The number of hydrogen-bond acceptors (Lipinski definition) is 4. The third-order valence-corrected chi connectivity index (χ3v) is 6.83. The molecule has 0 saturated heterocycles. The van der Waals surface area contributed by atoms with Crippen molar-refractivity contribution in [2.24, 2.45) is 5.10 Å². The van der Waals surface area contributed by atoms with Crippen molar-refractivity contribution in [1.29, 1.82) is 0 Å². The van der Waals surface area contributed by atoms with E-state index in [1.165, 1.54) is 83.5 Å². The number of unbranched alkanes of at least 4 members (excludes halogenated alkanes) is 14. The molecule has 0 aliphatic rings. The lowest BCUT2D eigenvalue weighted by Crippen LogP contribution is -2.16. The third-order valence-electron chi connectivity index (χ3n) is 6.58. The Morgan fingerprint density at radius 1 is 0.737 bits per heavy atom. The van der Waals surface area contributed by atoms with Gasteiger partial charge in [-0.3, -0.25) is 4.79 Å². The first-order valence-electron chi connectivity index (χ1n) is 14.5. The van der Waals surface area contributed by atoms with Gasteiger partial charge in [-0.1, -0.05) is 108 Å². The third kappa shape index (κ3) is 14.9. The van der Waals surface area contributed by atoms with Crippen molar-refractivity contribution >= 4 is 29.7 Å². The van der Waals surface area contributed by atoms with Crippen molar-refractivity contribution in [3.8, 4) is 5.75 Å². The SMILES string of the molecule is CCCCCCCCCCCCCCCCCC(=O)N/N=C\c1ccc(OC(=O)c2ccc(Cl)cc2)cc1. The molecule has 6 heteroatoms. The highest BCUT2D eigenvalue weighted by Crippen LogP contribution is 2.16. The Balaban J connectivity index is 1.46. The van der Waals surface area contributed by atoms with E-state index < -0.39 is 5.97 Å². The number of carbonyl (C=O) groups excluding carboxylic acids is 2. The molecule has 0 aromatic heterocycles. The van der Waals surface area contributed by atoms with E-state index in [0.717, 1.165) is 18.4 Å². The number of hydrogen-bond donors (Lipinski definition) is 1. The Bertz CT molecular complexity index is 942. The maximum atomic E-state index is 12.2. The molecule has 0 radical (unpaired) electrons. The average molecular weight is 541 g/mol. The van der Waals surface area contributed by atoms with Gasteiger partial charge in [-0.25, -0.2) is 10.2 Å². The van der Waals surface area contributed by atoms with E-state index in [1.54, 1.807) is 54.7 Å². The van der Waals surface area contributed by atoms with Gasteiger partial charge in [0.05, 0.1) is 11.8 Å². The highest BCUT2D eigenvalue weighted by molar-refractivity contribution is 6.30. The first-order chi connectivity index (χ1) is 18.6. The van der Waals surface area contributed by atoms with E-state index in [9.17, 15) is 9.59 Å². The number of nitrogens with one attached hydrogen (secondary N) is 1. The Morgan fingerprint density at radius 2 is 1.24 bits per heavy atom. The second kappa shape index (κ2) is 20.3. The zero-order valence-corrected chi connectivity index (χ0v) is 23.8. The lowest BCUT2D eigenvalue weighted by atomic mass is 10.0. The summed E-state index contributed by atoms with van der Waals surface area (Å²) in [7, 11) is 0. The molecule has 2 aromatic carbocycles. The van der Waals surface area contributed by atoms with Crippen molar-refractivity contribution in [1.82, 2.24) is 5.43 Å². The summed E-state index contributed by atoms with van der Waals surface area (Å²) in [5.41, 5.74) is 3.81. The Morgan fingerprint density at radius 3 is 1.76 bits per heavy atom. The zero-order valence-electron chi connectivity index (χ0n) is 23.1. The number of amides is 1. The Kier molecular flexibility index (Phi) is 16.9. The molecule has 0 spiro atoms. The van der Waals surface area contributed by atoms with Crippen LogP contribution in [0.25, 0.3) is 0 Å². The maximum absolute atomic E-state index is 12.2. The van der Waals surface area contributed by atoms with Gasteiger partial charge in [0, 0.05) is 11.4 Å². The quantitative estimate of drug-likeness (QED) is 0.0598. The Labute approximate surface area is 234 Å². The smallest absolute Gasteiger partial charge is 0.343 e. The summed E-state index contributed by atoms with van der Waals surface area (Å²) in [6.07, 6.45) is 21.7. The number of esters is 1. The summed E-state index contributed by atoms with van der Waals surface area (Å²) in [4.78, 5) is 24.2. The number of hydrazone groups is 1. The van der Waals surface area contributed by atoms with Gasteiger partial charge in [-0.2, -0.15) is 5.10 Å². The van der Waals surface area contributed by atoms with Gasteiger partial charge in [0.2, 0.25) is 5.91 Å². The maximum Gasteiger partial charge on any atom is 0.343 e. The van der Waals surface area contributed by atoms with Crippen LogP contribution in [-0.2, 0) is 4.79 Å². The summed E-state index contributed by atoms with van der Waals surface area (Å²) >= 11 is 5.84. The highest BCUT2D eigenvalue weighted by atomic mass is 35.5. The number of halogens is 1. The molecular weight excluding hydrogens is 496 g/mol. The lowest BCUT2D eigenvalue weighted by molar-refractivity contribution is -0.121. The van der Waals surface area contributed by atoms with Gasteiger partial charge < -0.3 is 4.74 Å². The van der Waals surface area contributed by atoms with Crippen molar-refractivity contribution in [2.45, 2.75) is 110 Å². The van der Waals surface area contributed by atoms with Crippen LogP contribution in [0.3, 0.4) is 0 Å². The second-order valence-electron chi connectivity index (χ2n) is 9.96. The molecule has 0 aliphatic heterocycles. The fourth-order valence-electron chi connectivity index (χ4n) is 4.27. The lowest BCUT2D eigenvalue weighted by Gasteiger charge is -2.05. The molecule has 0 heterocycles. The minimum atomic E-state index is -0.450. The van der Waals surface area contributed by atoms with Crippen LogP contribution in [0.5, 0.6) is 5.75 Å². The van der Waals surface area contributed by atoms with Crippen LogP contribution in [0.2, 0.25) is 5.02 Å². The molecule has 0 bridgehead atoms. The summed E-state index contributed by atoms with van der Waals surface area (Å²) in [6.45, 7) is 2.27. The summed E-state index contributed by atoms with van der Waals surface area (Å²) in [5.74, 6) is -0.0853. The van der Waals surface area contributed by atoms with Gasteiger partial charge in [0.1, 0.15) is 5.75 Å². The van der Waals surface area contributed by atoms with Crippen LogP contribution in [0, 0.1) is 0 Å². The van der Waals surface area contributed by atoms with Crippen LogP contribution >= 0.6 is 11.6 Å². The number of rotatable bonds is 20. The van der Waals surface area contributed by atoms with Crippen LogP contribution in [0.4, 0.5) is 0 Å². The molecule has 0 aliphatic carbocycles. The molecular formula is C32H45ClN2O3. The van der Waals surface area contributed by atoms with E-state index >= 15 is 0 Å². The van der Waals surface area contributed by atoms with Crippen molar-refractivity contribution in [2.75, 3.05) is 0 Å². The average Bonchev–Trinajstić information content (AvgIpc) is 2.92. The topological polar surface area (TPSA) is 67.8 Å². The van der Waals surface area contributed by atoms with E-state index in [1.807, 2.05) is 0 Å². The van der Waals surface area contributed by atoms with Gasteiger partial charge in [-0.15, -0.1) is 0 Å². The van der Waals surface area contributed by atoms with Crippen LogP contribution < -0.4 is 10.2 Å². The minimum Gasteiger partial charge on any atom is -0.423 e. The number of carbonyl (C=O) groups is 2. The van der Waals surface area contributed by atoms with Crippen LogP contribution in [0.1, 0.15) is 126 Å². The number of benzene rings is 2. The standard InChI is InChI=1S/C32H45ClN2O3/c1-2-3-4-5-6-7-8-9-10-11-12-13-14-15-16-17-31(36)35-34-26-27-18-24-30(25-19-27)38-32(37)28-20-22-29(33)23-21-28/h18-26H,2-17H2,1H3,(H,35,36)/b34-26-. The van der Waals surface area contributed by atoms with E-state index in [2.05, 4.69) is 17.5 Å². The largest absolute Gasteiger partial charge is 0.423 e. The van der Waals surface area contributed by atoms with Crippen molar-refractivity contribution in [3.05, 3.63) is 64.7 Å². The molecule has 208 valence electrons. The molecule has 0 fully saturated rings. The zero-order chi connectivity index (χ0) is 27.3. The van der Waals surface area contributed by atoms with Crippen LogP contribution in [-0.4, -0.2) is 18.1 Å². The van der Waals surface area contributed by atoms with Gasteiger partial charge in [-0.05, 0) is 60.5 Å². The molecule has 1 N–H and O–H groups in total. The molecule has 0 saturated carbocycles. The second-order valence-corrected chi connectivity index (χ2v) is 10.4. The Hall–Kier alpha value is -2.66. The minimum absolute atomic E-state index is 0.0653. The normalized spacial score (nSPS) is 11.1. The van der Waals surface area contributed by atoms with Gasteiger partial charge in [0.25, 0.3) is 0 Å². The summed E-state index contributed by atoms with van der Waals surface area (Å²) in [5, 5.41) is 4.59. The molecule has 0 unspecified atom stereocenters. The highest BCUT2D eigenvalue weighted by Gasteiger charge is 2.08. The first kappa shape index (κ1) is 31.6. The first-order valence-corrected chi connectivity index (χ1v) is 14.9. The fraction of sp³-hybridized carbons (Fsp3) is 0.531. The summed E-state index contributed by atoms with van der Waals surface area (Å²) in [6, 6.07) is 13.4. The van der Waals surface area contributed by atoms with E-state index in [4.69, 9.17) is 16.3 Å². The van der Waals surface area contributed by atoms with E-state index in [-0.39, 0.29) is 5.91 Å². The van der Waals surface area contributed by atoms with Crippen molar-refractivity contribution in [3.63, 3.8) is 0 Å². The predicted molar refractivity (Wildman–Crippen MR) is 158 cm³/mol.